The number of benzene rings is 1. The molecule has 0 fully saturated rings. The SMILES string of the molecule is CC(O)CCNC(=O)c1cn(-c2cccc(C(F)(F)F)c2)nn1. The van der Waals surface area contributed by atoms with Gasteiger partial charge in [-0.3, -0.25) is 4.79 Å². The largest absolute Gasteiger partial charge is 0.416 e. The Hall–Kier alpha value is -2.42. The zero-order valence-electron chi connectivity index (χ0n) is 12.2. The molecule has 1 aromatic heterocycles. The summed E-state index contributed by atoms with van der Waals surface area (Å²) in [6, 6.07) is 4.55. The molecule has 0 radical (unpaired) electrons. The third-order valence-corrected chi connectivity index (χ3v) is 3.01. The van der Waals surface area contributed by atoms with Gasteiger partial charge in [-0.2, -0.15) is 13.2 Å². The molecule has 6 nitrogen and oxygen atoms in total. The number of aromatic nitrogens is 3. The molecule has 23 heavy (non-hydrogen) atoms. The Kier molecular flexibility index (Phi) is 4.99. The van der Waals surface area contributed by atoms with Crippen molar-refractivity contribution < 1.29 is 23.1 Å². The number of aliphatic hydroxyl groups excluding tert-OH is 1. The molecule has 2 N–H and O–H groups in total. The van der Waals surface area contributed by atoms with Crippen LogP contribution in [0.2, 0.25) is 0 Å². The highest BCUT2D eigenvalue weighted by molar-refractivity contribution is 5.91. The first-order valence-electron chi connectivity index (χ1n) is 6.83. The summed E-state index contributed by atoms with van der Waals surface area (Å²) in [6.45, 7) is 1.85. The Morgan fingerprint density at radius 2 is 2.17 bits per heavy atom. The second kappa shape index (κ2) is 6.78. The van der Waals surface area contributed by atoms with E-state index in [4.69, 9.17) is 5.11 Å². The van der Waals surface area contributed by atoms with Crippen molar-refractivity contribution in [3.63, 3.8) is 0 Å². The van der Waals surface area contributed by atoms with E-state index >= 15 is 0 Å². The number of amides is 1. The summed E-state index contributed by atoms with van der Waals surface area (Å²) >= 11 is 0. The van der Waals surface area contributed by atoms with Gasteiger partial charge in [0.2, 0.25) is 0 Å². The van der Waals surface area contributed by atoms with E-state index in [1.54, 1.807) is 6.92 Å². The Morgan fingerprint density at radius 3 is 2.83 bits per heavy atom. The van der Waals surface area contributed by atoms with Crippen molar-refractivity contribution in [2.75, 3.05) is 6.54 Å². The fourth-order valence-electron chi connectivity index (χ4n) is 1.80. The van der Waals surface area contributed by atoms with Crippen LogP contribution in [0.25, 0.3) is 5.69 Å². The smallest absolute Gasteiger partial charge is 0.393 e. The fourth-order valence-corrected chi connectivity index (χ4v) is 1.80. The van der Waals surface area contributed by atoms with E-state index in [1.807, 2.05) is 0 Å². The van der Waals surface area contributed by atoms with Crippen LogP contribution in [0.4, 0.5) is 13.2 Å². The lowest BCUT2D eigenvalue weighted by atomic mass is 10.2. The monoisotopic (exact) mass is 328 g/mol. The van der Waals surface area contributed by atoms with Gasteiger partial charge in [-0.05, 0) is 31.5 Å². The van der Waals surface area contributed by atoms with Crippen LogP contribution in [-0.2, 0) is 6.18 Å². The van der Waals surface area contributed by atoms with Gasteiger partial charge in [0.15, 0.2) is 5.69 Å². The van der Waals surface area contributed by atoms with E-state index in [9.17, 15) is 18.0 Å². The molecule has 0 aliphatic carbocycles. The molecular weight excluding hydrogens is 313 g/mol. The minimum Gasteiger partial charge on any atom is -0.393 e. The molecule has 1 amide bonds. The van der Waals surface area contributed by atoms with Crippen LogP contribution >= 0.6 is 0 Å². The van der Waals surface area contributed by atoms with Crippen LogP contribution in [-0.4, -0.2) is 38.7 Å². The number of rotatable bonds is 5. The predicted molar refractivity (Wildman–Crippen MR) is 75.0 cm³/mol. The van der Waals surface area contributed by atoms with Crippen LogP contribution in [0.15, 0.2) is 30.5 Å². The van der Waals surface area contributed by atoms with Crippen molar-refractivity contribution in [3.8, 4) is 5.69 Å². The molecule has 1 aromatic carbocycles. The van der Waals surface area contributed by atoms with Crippen molar-refractivity contribution in [1.82, 2.24) is 20.3 Å². The molecule has 124 valence electrons. The minimum absolute atomic E-state index is 0.0204. The Balaban J connectivity index is 2.12. The highest BCUT2D eigenvalue weighted by Gasteiger charge is 2.30. The molecule has 9 heteroatoms. The molecule has 2 rings (SSSR count). The Labute approximate surface area is 129 Å². The van der Waals surface area contributed by atoms with Crippen LogP contribution in [0.1, 0.15) is 29.4 Å². The maximum absolute atomic E-state index is 12.7. The summed E-state index contributed by atoms with van der Waals surface area (Å²) in [6.07, 6.45) is -3.38. The topological polar surface area (TPSA) is 80.0 Å². The quantitative estimate of drug-likeness (QED) is 0.877. The molecule has 0 aliphatic heterocycles. The molecule has 0 saturated carbocycles. The lowest BCUT2D eigenvalue weighted by Gasteiger charge is -2.08. The number of carbonyl (C=O) groups excluding carboxylic acids is 1. The van der Waals surface area contributed by atoms with E-state index in [0.717, 1.165) is 16.8 Å². The standard InChI is InChI=1S/C14H15F3N4O2/c1-9(22)5-6-18-13(23)12-8-21(20-19-12)11-4-2-3-10(7-11)14(15,16)17/h2-4,7-9,22H,5-6H2,1H3,(H,18,23). The lowest BCUT2D eigenvalue weighted by molar-refractivity contribution is -0.137. The third kappa shape index (κ3) is 4.52. The molecule has 0 aliphatic rings. The van der Waals surface area contributed by atoms with Gasteiger partial charge in [0.1, 0.15) is 0 Å². The number of nitrogens with zero attached hydrogens (tertiary/aromatic N) is 3. The molecule has 1 heterocycles. The number of hydrogen-bond acceptors (Lipinski definition) is 4. The van der Waals surface area contributed by atoms with Gasteiger partial charge in [-0.25, -0.2) is 4.68 Å². The van der Waals surface area contributed by atoms with Crippen LogP contribution < -0.4 is 5.32 Å². The second-order valence-electron chi connectivity index (χ2n) is 4.99. The van der Waals surface area contributed by atoms with E-state index in [0.29, 0.717) is 6.42 Å². The molecular formula is C14H15F3N4O2. The van der Waals surface area contributed by atoms with Crippen molar-refractivity contribution >= 4 is 5.91 Å². The molecule has 0 bridgehead atoms. The van der Waals surface area contributed by atoms with Crippen molar-refractivity contribution in [3.05, 3.63) is 41.7 Å². The molecule has 2 aromatic rings. The first-order valence-corrected chi connectivity index (χ1v) is 6.83. The Morgan fingerprint density at radius 1 is 1.43 bits per heavy atom. The average molecular weight is 328 g/mol. The summed E-state index contributed by atoms with van der Waals surface area (Å²) in [5, 5.41) is 18.9. The van der Waals surface area contributed by atoms with Gasteiger partial charge in [0.05, 0.1) is 23.6 Å². The maximum atomic E-state index is 12.7. The molecule has 0 spiro atoms. The summed E-state index contributed by atoms with van der Waals surface area (Å²) in [7, 11) is 0. The van der Waals surface area contributed by atoms with Gasteiger partial charge >= 0.3 is 6.18 Å². The number of halogens is 3. The zero-order valence-corrected chi connectivity index (χ0v) is 12.2. The summed E-state index contributed by atoms with van der Waals surface area (Å²) in [5.74, 6) is -0.510. The highest BCUT2D eigenvalue weighted by atomic mass is 19.4. The van der Waals surface area contributed by atoms with E-state index in [2.05, 4.69) is 15.6 Å². The van der Waals surface area contributed by atoms with Crippen LogP contribution in [0.5, 0.6) is 0 Å². The number of hydrogen-bond donors (Lipinski definition) is 2. The van der Waals surface area contributed by atoms with Gasteiger partial charge in [-0.1, -0.05) is 11.3 Å². The van der Waals surface area contributed by atoms with Crippen LogP contribution in [0, 0.1) is 0 Å². The van der Waals surface area contributed by atoms with Gasteiger partial charge in [0, 0.05) is 6.54 Å². The number of carbonyl (C=O) groups is 1. The van der Waals surface area contributed by atoms with Crippen molar-refractivity contribution in [2.24, 2.45) is 0 Å². The van der Waals surface area contributed by atoms with Crippen molar-refractivity contribution in [1.29, 1.82) is 0 Å². The minimum atomic E-state index is -4.46. The van der Waals surface area contributed by atoms with Gasteiger partial charge < -0.3 is 10.4 Å². The number of nitrogens with one attached hydrogen (secondary N) is 1. The maximum Gasteiger partial charge on any atom is 0.416 e. The Bertz CT molecular complexity index is 683. The lowest BCUT2D eigenvalue weighted by Crippen LogP contribution is -2.26. The first kappa shape index (κ1) is 16.9. The fraction of sp³-hybridized carbons (Fsp3) is 0.357. The molecule has 1 unspecified atom stereocenters. The normalized spacial score (nSPS) is 12.9. The number of aliphatic hydroxyl groups is 1. The highest BCUT2D eigenvalue weighted by Crippen LogP contribution is 2.30. The zero-order chi connectivity index (χ0) is 17.0. The third-order valence-electron chi connectivity index (χ3n) is 3.01. The first-order chi connectivity index (χ1) is 10.8. The predicted octanol–water partition coefficient (Wildman–Crippen LogP) is 1.79. The summed E-state index contributed by atoms with van der Waals surface area (Å²) in [5.41, 5.74) is -0.684. The number of alkyl halides is 3. The summed E-state index contributed by atoms with van der Waals surface area (Å²) < 4.78 is 39.2. The van der Waals surface area contributed by atoms with Crippen LogP contribution in [0.3, 0.4) is 0 Å². The van der Waals surface area contributed by atoms with E-state index in [-0.39, 0.29) is 17.9 Å². The van der Waals surface area contributed by atoms with Crippen molar-refractivity contribution in [2.45, 2.75) is 25.6 Å². The van der Waals surface area contributed by atoms with E-state index < -0.39 is 23.8 Å². The summed E-state index contributed by atoms with van der Waals surface area (Å²) in [4.78, 5) is 11.8. The average Bonchev–Trinajstić information content (AvgIpc) is 2.96. The molecule has 0 saturated heterocycles. The van der Waals surface area contributed by atoms with E-state index in [1.165, 1.54) is 18.3 Å². The second-order valence-corrected chi connectivity index (χ2v) is 4.99. The molecule has 1 atom stereocenters. The van der Waals surface area contributed by atoms with Gasteiger partial charge in [-0.15, -0.1) is 5.10 Å². The van der Waals surface area contributed by atoms with Gasteiger partial charge in [0.25, 0.3) is 5.91 Å².